The molecule has 0 saturated carbocycles. The predicted molar refractivity (Wildman–Crippen MR) is 92.6 cm³/mol. The zero-order valence-corrected chi connectivity index (χ0v) is 14.0. The lowest BCUT2D eigenvalue weighted by Gasteiger charge is -2.26. The number of nitrogens with two attached hydrogens (primary N) is 2. The Labute approximate surface area is 149 Å². The third-order valence-electron chi connectivity index (χ3n) is 4.32. The molecule has 0 bridgehead atoms. The van der Waals surface area contributed by atoms with Gasteiger partial charge in [-0.25, -0.2) is 4.99 Å². The van der Waals surface area contributed by atoms with Crippen LogP contribution in [0.15, 0.2) is 53.5 Å². The van der Waals surface area contributed by atoms with Gasteiger partial charge in [0, 0.05) is 13.6 Å². The average Bonchev–Trinajstić information content (AvgIpc) is 2.87. The smallest absolute Gasteiger partial charge is 0.387 e. The van der Waals surface area contributed by atoms with Gasteiger partial charge >= 0.3 is 6.61 Å². The second kappa shape index (κ2) is 6.72. The van der Waals surface area contributed by atoms with Crippen molar-refractivity contribution in [2.24, 2.45) is 16.5 Å². The summed E-state index contributed by atoms with van der Waals surface area (Å²) in [7, 11) is 1.53. The number of carbonyl (C=O) groups excluding carboxylic acids is 1. The summed E-state index contributed by atoms with van der Waals surface area (Å²) in [6.07, 6.45) is 0. The van der Waals surface area contributed by atoms with Crippen LogP contribution in [0.1, 0.15) is 16.7 Å². The molecule has 136 valence electrons. The summed E-state index contributed by atoms with van der Waals surface area (Å²) in [5.41, 5.74) is 12.1. The SMILES string of the molecule is CN1C(=O)C(c2ccc(OC(F)F)cc2)(c2cccc(CN)c2)N=C1N. The molecule has 1 unspecified atom stereocenters. The number of rotatable bonds is 5. The van der Waals surface area contributed by atoms with Crippen molar-refractivity contribution in [1.29, 1.82) is 0 Å². The topological polar surface area (TPSA) is 93.9 Å². The van der Waals surface area contributed by atoms with E-state index in [1.165, 1.54) is 36.2 Å². The van der Waals surface area contributed by atoms with Crippen LogP contribution in [0, 0.1) is 0 Å². The number of likely N-dealkylation sites (N-methyl/N-ethyl adjacent to an activating group) is 1. The summed E-state index contributed by atoms with van der Waals surface area (Å²) in [6.45, 7) is -2.63. The normalized spacial score (nSPS) is 19.8. The van der Waals surface area contributed by atoms with E-state index in [1.807, 2.05) is 6.07 Å². The molecule has 0 spiro atoms. The quantitative estimate of drug-likeness (QED) is 0.850. The van der Waals surface area contributed by atoms with Crippen molar-refractivity contribution in [1.82, 2.24) is 4.90 Å². The minimum absolute atomic E-state index is 0.00893. The van der Waals surface area contributed by atoms with Gasteiger partial charge < -0.3 is 16.2 Å². The molecule has 3 rings (SSSR count). The van der Waals surface area contributed by atoms with Crippen molar-refractivity contribution >= 4 is 11.9 Å². The van der Waals surface area contributed by atoms with Crippen molar-refractivity contribution < 1.29 is 18.3 Å². The summed E-state index contributed by atoms with van der Waals surface area (Å²) in [5.74, 6) is -0.280. The van der Waals surface area contributed by atoms with Gasteiger partial charge in [0.05, 0.1) is 0 Å². The molecule has 2 aromatic rings. The van der Waals surface area contributed by atoms with Gasteiger partial charge in [-0.2, -0.15) is 8.78 Å². The first-order chi connectivity index (χ1) is 12.4. The van der Waals surface area contributed by atoms with E-state index in [-0.39, 0.29) is 17.6 Å². The summed E-state index contributed by atoms with van der Waals surface area (Å²) < 4.78 is 29.1. The minimum Gasteiger partial charge on any atom is -0.435 e. The van der Waals surface area contributed by atoms with E-state index >= 15 is 0 Å². The van der Waals surface area contributed by atoms with Crippen molar-refractivity contribution in [3.63, 3.8) is 0 Å². The Morgan fingerprint density at radius 1 is 1.19 bits per heavy atom. The van der Waals surface area contributed by atoms with Crippen molar-refractivity contribution in [2.45, 2.75) is 18.7 Å². The molecule has 2 aromatic carbocycles. The van der Waals surface area contributed by atoms with E-state index in [4.69, 9.17) is 11.5 Å². The van der Waals surface area contributed by atoms with Crippen LogP contribution in [0.2, 0.25) is 0 Å². The lowest BCUT2D eigenvalue weighted by Crippen LogP contribution is -2.41. The Kier molecular flexibility index (Phi) is 4.60. The lowest BCUT2D eigenvalue weighted by molar-refractivity contribution is -0.129. The monoisotopic (exact) mass is 360 g/mol. The molecule has 0 aliphatic carbocycles. The highest BCUT2D eigenvalue weighted by molar-refractivity contribution is 6.08. The Morgan fingerprint density at radius 3 is 2.42 bits per heavy atom. The van der Waals surface area contributed by atoms with Crippen molar-refractivity contribution in [2.75, 3.05) is 7.05 Å². The Morgan fingerprint density at radius 2 is 1.88 bits per heavy atom. The van der Waals surface area contributed by atoms with Crippen LogP contribution in [-0.4, -0.2) is 30.4 Å². The van der Waals surface area contributed by atoms with E-state index < -0.39 is 12.2 Å². The average molecular weight is 360 g/mol. The van der Waals surface area contributed by atoms with Crippen LogP contribution in [0.25, 0.3) is 0 Å². The van der Waals surface area contributed by atoms with Crippen LogP contribution in [-0.2, 0) is 16.9 Å². The highest BCUT2D eigenvalue weighted by Crippen LogP contribution is 2.40. The van der Waals surface area contributed by atoms with Gasteiger partial charge in [0.25, 0.3) is 5.91 Å². The van der Waals surface area contributed by atoms with Crippen LogP contribution in [0.3, 0.4) is 0 Å². The minimum atomic E-state index is -2.93. The zero-order chi connectivity index (χ0) is 18.9. The van der Waals surface area contributed by atoms with E-state index in [1.54, 1.807) is 18.2 Å². The number of halogens is 2. The highest BCUT2D eigenvalue weighted by Gasteiger charge is 2.49. The molecule has 6 nitrogen and oxygen atoms in total. The molecule has 0 fully saturated rings. The molecular formula is C18H18F2N4O2. The second-order valence-electron chi connectivity index (χ2n) is 5.85. The Bertz CT molecular complexity index is 855. The third kappa shape index (κ3) is 2.88. The number of ether oxygens (including phenoxy) is 1. The van der Waals surface area contributed by atoms with E-state index in [2.05, 4.69) is 9.73 Å². The maximum atomic E-state index is 13.0. The van der Waals surface area contributed by atoms with E-state index in [9.17, 15) is 13.6 Å². The van der Waals surface area contributed by atoms with Crippen LogP contribution < -0.4 is 16.2 Å². The van der Waals surface area contributed by atoms with Gasteiger partial charge in [-0.15, -0.1) is 0 Å². The molecule has 4 N–H and O–H groups in total. The first kappa shape index (κ1) is 17.8. The number of aliphatic imine (C=N–C) groups is 1. The largest absolute Gasteiger partial charge is 0.435 e. The summed E-state index contributed by atoms with van der Waals surface area (Å²) in [4.78, 5) is 18.7. The fraction of sp³-hybridized carbons (Fsp3) is 0.222. The lowest BCUT2D eigenvalue weighted by atomic mass is 9.82. The summed E-state index contributed by atoms with van der Waals surface area (Å²) in [5, 5.41) is 0. The van der Waals surface area contributed by atoms with Gasteiger partial charge in [-0.3, -0.25) is 9.69 Å². The van der Waals surface area contributed by atoms with Crippen molar-refractivity contribution in [3.8, 4) is 5.75 Å². The molecule has 0 radical (unpaired) electrons. The zero-order valence-electron chi connectivity index (χ0n) is 14.0. The molecular weight excluding hydrogens is 342 g/mol. The van der Waals surface area contributed by atoms with Gasteiger partial charge in [0.15, 0.2) is 11.5 Å². The fourth-order valence-corrected chi connectivity index (χ4v) is 2.99. The number of amides is 1. The number of alkyl halides is 2. The van der Waals surface area contributed by atoms with Gasteiger partial charge in [0.1, 0.15) is 5.75 Å². The number of hydrogen-bond donors (Lipinski definition) is 2. The Hall–Kier alpha value is -3.00. The highest BCUT2D eigenvalue weighted by atomic mass is 19.3. The standard InChI is InChI=1S/C18H18F2N4O2/c1-24-15(25)18(23-17(24)22,13-4-2-3-11(9-13)10-21)12-5-7-14(8-6-12)26-16(19)20/h2-9,16H,10,21H2,1H3,(H2,22,23). The summed E-state index contributed by atoms with van der Waals surface area (Å²) >= 11 is 0. The van der Waals surface area contributed by atoms with Crippen LogP contribution in [0.4, 0.5) is 8.78 Å². The second-order valence-corrected chi connectivity index (χ2v) is 5.85. The molecule has 1 aliphatic rings. The molecule has 26 heavy (non-hydrogen) atoms. The molecule has 1 atom stereocenters. The molecule has 1 aliphatic heterocycles. The Balaban J connectivity index is 2.15. The number of benzene rings is 2. The van der Waals surface area contributed by atoms with Gasteiger partial charge in [0.2, 0.25) is 0 Å². The first-order valence-corrected chi connectivity index (χ1v) is 7.87. The molecule has 8 heteroatoms. The van der Waals surface area contributed by atoms with E-state index in [0.29, 0.717) is 17.7 Å². The maximum absolute atomic E-state index is 13.0. The van der Waals surface area contributed by atoms with Crippen LogP contribution >= 0.6 is 0 Å². The third-order valence-corrected chi connectivity index (χ3v) is 4.32. The van der Waals surface area contributed by atoms with Crippen LogP contribution in [0.5, 0.6) is 5.75 Å². The van der Waals surface area contributed by atoms with Gasteiger partial charge in [-0.05, 0) is 28.8 Å². The fourth-order valence-electron chi connectivity index (χ4n) is 2.99. The van der Waals surface area contributed by atoms with Gasteiger partial charge in [-0.1, -0.05) is 36.4 Å². The van der Waals surface area contributed by atoms with Crippen molar-refractivity contribution in [3.05, 3.63) is 65.2 Å². The van der Waals surface area contributed by atoms with E-state index in [0.717, 1.165) is 5.56 Å². The number of guanidine groups is 1. The molecule has 1 heterocycles. The number of carbonyl (C=O) groups is 1. The number of nitrogens with zero attached hydrogens (tertiary/aromatic N) is 2. The molecule has 1 amide bonds. The molecule has 0 saturated heterocycles. The first-order valence-electron chi connectivity index (χ1n) is 7.87. The number of hydrogen-bond acceptors (Lipinski definition) is 5. The predicted octanol–water partition coefficient (Wildman–Crippen LogP) is 1.78. The maximum Gasteiger partial charge on any atom is 0.387 e. The summed E-state index contributed by atoms with van der Waals surface area (Å²) in [6, 6.07) is 13.0. The molecule has 0 aromatic heterocycles.